The number of aliphatic hydroxyl groups is 1. The summed E-state index contributed by atoms with van der Waals surface area (Å²) in [6.45, 7) is 7.16. The second-order valence-electron chi connectivity index (χ2n) is 11.0. The third kappa shape index (κ3) is 7.47. The Kier molecular flexibility index (Phi) is 9.80. The van der Waals surface area contributed by atoms with Gasteiger partial charge in [0.1, 0.15) is 5.01 Å². The Hall–Kier alpha value is -4.62. The van der Waals surface area contributed by atoms with E-state index in [0.29, 0.717) is 5.02 Å². The highest BCUT2D eigenvalue weighted by atomic mass is 35.5. The van der Waals surface area contributed by atoms with Crippen molar-refractivity contribution in [2.75, 3.05) is 0 Å². The Morgan fingerprint density at radius 1 is 1.00 bits per heavy atom. The molecule has 4 heterocycles. The first-order chi connectivity index (χ1) is 20.9. The van der Waals surface area contributed by atoms with Crippen LogP contribution >= 0.6 is 22.9 Å². The Morgan fingerprint density at radius 2 is 1.66 bits per heavy atom. The molecule has 6 aromatic rings. The normalized spacial score (nSPS) is 11.0. The summed E-state index contributed by atoms with van der Waals surface area (Å²) >= 11 is 7.67. The van der Waals surface area contributed by atoms with Crippen LogP contribution in [0.4, 0.5) is 0 Å². The molecule has 0 spiro atoms. The molecule has 0 unspecified atom stereocenters. The molecule has 0 amide bonds. The van der Waals surface area contributed by atoms with Crippen molar-refractivity contribution in [3.8, 4) is 45.9 Å². The average molecular weight is 626 g/mol. The number of terminal acetylenes is 1. The van der Waals surface area contributed by atoms with E-state index in [0.717, 1.165) is 65.3 Å². The number of rotatable bonds is 5. The minimum absolute atomic E-state index is 0.0745. The molecule has 0 aliphatic heterocycles. The van der Waals surface area contributed by atoms with Crippen molar-refractivity contribution in [3.63, 3.8) is 0 Å². The smallest absolute Gasteiger partial charge is 0.307 e. The van der Waals surface area contributed by atoms with E-state index in [-0.39, 0.29) is 6.42 Å². The van der Waals surface area contributed by atoms with Crippen molar-refractivity contribution in [3.05, 3.63) is 83.3 Å². The largest absolute Gasteiger partial charge is 0.481 e. The standard InChI is InChI=1S/C28H20ClN5O2S.C4H10O.C2H2/c1-15-9-23-27(26(20(15)12-25(35)36)16-3-5-19(29)6-4-16)37-28(33-23)17-7-8-30-21(10-17)22-11-18-13-32-34(2)24(18)14-31-22;1-4(2,3)5;1-2/h3-11,13-14H,12H2,1-2H3,(H,35,36);5H,1-3H3;1-2H. The zero-order chi connectivity index (χ0) is 32.2. The first-order valence-electron chi connectivity index (χ1n) is 13.6. The Bertz CT molecular complexity index is 1970. The maximum atomic E-state index is 11.7. The predicted octanol–water partition coefficient (Wildman–Crippen LogP) is 7.59. The molecule has 0 saturated heterocycles. The molecule has 0 saturated carbocycles. The summed E-state index contributed by atoms with van der Waals surface area (Å²) in [4.78, 5) is 25.8. The summed E-state index contributed by atoms with van der Waals surface area (Å²) in [6.07, 6.45) is 13.3. The number of aryl methyl sites for hydroxylation is 2. The summed E-state index contributed by atoms with van der Waals surface area (Å²) in [6, 6.07) is 15.3. The molecule has 0 aliphatic rings. The van der Waals surface area contributed by atoms with Gasteiger partial charge in [-0.3, -0.25) is 19.4 Å². The molecule has 0 atom stereocenters. The lowest BCUT2D eigenvalue weighted by Gasteiger charge is -2.13. The van der Waals surface area contributed by atoms with E-state index >= 15 is 0 Å². The number of carboxylic acid groups (broad SMARTS) is 1. The summed E-state index contributed by atoms with van der Waals surface area (Å²) in [5, 5.41) is 24.9. The first-order valence-corrected chi connectivity index (χ1v) is 14.8. The molecule has 44 heavy (non-hydrogen) atoms. The summed E-state index contributed by atoms with van der Waals surface area (Å²) < 4.78 is 2.73. The second-order valence-corrected chi connectivity index (χ2v) is 12.4. The van der Waals surface area contributed by atoms with Crippen LogP contribution in [0.25, 0.3) is 54.2 Å². The quantitative estimate of drug-likeness (QED) is 0.190. The maximum absolute atomic E-state index is 11.7. The number of carboxylic acids is 1. The number of thiazole rings is 1. The molecule has 0 bridgehead atoms. The second kappa shape index (κ2) is 13.3. The third-order valence-electron chi connectivity index (χ3n) is 6.37. The van der Waals surface area contributed by atoms with Gasteiger partial charge >= 0.3 is 5.97 Å². The van der Waals surface area contributed by atoms with E-state index in [1.807, 2.05) is 68.7 Å². The number of halogens is 1. The zero-order valence-electron chi connectivity index (χ0n) is 25.0. The SMILES string of the molecule is C#C.CC(C)(C)O.Cc1cc2nc(-c3ccnc(-c4cc5cnn(C)c5cn4)c3)sc2c(-c2ccc(Cl)cc2)c1CC(=O)O. The van der Waals surface area contributed by atoms with Crippen LogP contribution in [0.1, 0.15) is 31.9 Å². The lowest BCUT2D eigenvalue weighted by Crippen LogP contribution is -2.10. The zero-order valence-corrected chi connectivity index (χ0v) is 26.6. The molecule has 8 nitrogen and oxygen atoms in total. The van der Waals surface area contributed by atoms with Crippen molar-refractivity contribution in [1.29, 1.82) is 0 Å². The molecule has 0 aliphatic carbocycles. The molecule has 2 aromatic carbocycles. The Labute approximate surface area is 265 Å². The van der Waals surface area contributed by atoms with Crippen LogP contribution in [-0.4, -0.2) is 46.5 Å². The van der Waals surface area contributed by atoms with E-state index in [9.17, 15) is 9.90 Å². The third-order valence-corrected chi connectivity index (χ3v) is 7.76. The van der Waals surface area contributed by atoms with Gasteiger partial charge in [-0.1, -0.05) is 23.7 Å². The van der Waals surface area contributed by atoms with Gasteiger partial charge in [0.2, 0.25) is 0 Å². The number of hydrogen-bond donors (Lipinski definition) is 2. The number of hydrogen-bond acceptors (Lipinski definition) is 7. The van der Waals surface area contributed by atoms with Gasteiger partial charge in [-0.05, 0) is 80.8 Å². The van der Waals surface area contributed by atoms with Crippen molar-refractivity contribution < 1.29 is 15.0 Å². The van der Waals surface area contributed by atoms with Gasteiger partial charge in [0.25, 0.3) is 0 Å². The van der Waals surface area contributed by atoms with Crippen LogP contribution in [0.15, 0.2) is 67.1 Å². The van der Waals surface area contributed by atoms with Crippen LogP contribution in [0, 0.1) is 19.8 Å². The predicted molar refractivity (Wildman–Crippen MR) is 179 cm³/mol. The number of aliphatic carboxylic acids is 1. The topological polar surface area (TPSA) is 114 Å². The minimum Gasteiger partial charge on any atom is -0.481 e. The molecule has 4 aromatic heterocycles. The van der Waals surface area contributed by atoms with Gasteiger partial charge in [0.15, 0.2) is 0 Å². The Balaban J connectivity index is 0.000000576. The molecule has 224 valence electrons. The molecule has 2 N–H and O–H groups in total. The van der Waals surface area contributed by atoms with Crippen LogP contribution in [-0.2, 0) is 18.3 Å². The maximum Gasteiger partial charge on any atom is 0.307 e. The first kappa shape index (κ1) is 32.3. The molecule has 0 fully saturated rings. The minimum atomic E-state index is -0.876. The Morgan fingerprint density at radius 3 is 2.32 bits per heavy atom. The number of fused-ring (bicyclic) bond motifs is 2. The van der Waals surface area contributed by atoms with Crippen molar-refractivity contribution in [2.24, 2.45) is 7.05 Å². The lowest BCUT2D eigenvalue weighted by atomic mass is 9.93. The van der Waals surface area contributed by atoms with Crippen LogP contribution < -0.4 is 0 Å². The van der Waals surface area contributed by atoms with Gasteiger partial charge < -0.3 is 10.2 Å². The number of carbonyl (C=O) groups is 1. The molecule has 0 radical (unpaired) electrons. The highest BCUT2D eigenvalue weighted by Crippen LogP contribution is 2.41. The molecular formula is C34H32ClN5O3S. The van der Waals surface area contributed by atoms with Crippen molar-refractivity contribution in [2.45, 2.75) is 39.7 Å². The van der Waals surface area contributed by atoms with E-state index < -0.39 is 11.6 Å². The van der Waals surface area contributed by atoms with Gasteiger partial charge in [-0.25, -0.2) is 4.98 Å². The van der Waals surface area contributed by atoms with Crippen LogP contribution in [0.5, 0.6) is 0 Å². The van der Waals surface area contributed by atoms with Crippen LogP contribution in [0.3, 0.4) is 0 Å². The lowest BCUT2D eigenvalue weighted by molar-refractivity contribution is -0.136. The summed E-state index contributed by atoms with van der Waals surface area (Å²) in [7, 11) is 1.89. The van der Waals surface area contributed by atoms with E-state index in [2.05, 4.69) is 27.9 Å². The van der Waals surface area contributed by atoms with Gasteiger partial charge in [-0.15, -0.1) is 24.2 Å². The fraction of sp³-hybridized carbons (Fsp3) is 0.206. The highest BCUT2D eigenvalue weighted by molar-refractivity contribution is 7.22. The van der Waals surface area contributed by atoms with Gasteiger partial charge in [0, 0.05) is 34.8 Å². The van der Waals surface area contributed by atoms with E-state index in [1.54, 1.807) is 37.8 Å². The molecule has 6 rings (SSSR count). The number of nitrogens with zero attached hydrogens (tertiary/aromatic N) is 5. The number of pyridine rings is 2. The average Bonchev–Trinajstić information content (AvgIpc) is 3.57. The summed E-state index contributed by atoms with van der Waals surface area (Å²) in [5.41, 5.74) is 7.15. The van der Waals surface area contributed by atoms with Gasteiger partial charge in [-0.2, -0.15) is 5.10 Å². The van der Waals surface area contributed by atoms with Crippen molar-refractivity contribution >= 4 is 50.0 Å². The number of aromatic nitrogens is 5. The van der Waals surface area contributed by atoms with Gasteiger partial charge in [0.05, 0.1) is 51.5 Å². The fourth-order valence-electron chi connectivity index (χ4n) is 4.55. The molecule has 10 heteroatoms. The van der Waals surface area contributed by atoms with E-state index in [1.165, 1.54) is 11.3 Å². The van der Waals surface area contributed by atoms with E-state index in [4.69, 9.17) is 21.7 Å². The van der Waals surface area contributed by atoms with Crippen molar-refractivity contribution in [1.82, 2.24) is 24.7 Å². The molecular weight excluding hydrogens is 594 g/mol. The monoisotopic (exact) mass is 625 g/mol. The number of benzene rings is 2. The van der Waals surface area contributed by atoms with Crippen LogP contribution in [0.2, 0.25) is 5.02 Å². The highest BCUT2D eigenvalue weighted by Gasteiger charge is 2.20. The summed E-state index contributed by atoms with van der Waals surface area (Å²) in [5.74, 6) is -0.876. The fourth-order valence-corrected chi connectivity index (χ4v) is 5.81.